The molecule has 24 heavy (non-hydrogen) atoms. The summed E-state index contributed by atoms with van der Waals surface area (Å²) in [5, 5.41) is 28.0. The van der Waals surface area contributed by atoms with E-state index in [2.05, 4.69) is 37.4 Å². The third-order valence-corrected chi connectivity index (χ3v) is 5.12. The number of thiol groups is 1. The molecule has 1 fully saturated rings. The lowest BCUT2D eigenvalue weighted by atomic mass is 9.72. The molecular weight excluding hydrogens is 320 g/mol. The molecule has 0 aromatic heterocycles. The van der Waals surface area contributed by atoms with Gasteiger partial charge in [0.2, 0.25) is 0 Å². The monoisotopic (exact) mass is 340 g/mol. The van der Waals surface area contributed by atoms with Crippen molar-refractivity contribution in [2.24, 2.45) is 11.3 Å². The maximum absolute atomic E-state index is 11.4. The number of nitrogens with zero attached hydrogens (tertiary/aromatic N) is 4. The van der Waals surface area contributed by atoms with Gasteiger partial charge >= 0.3 is 0 Å². The van der Waals surface area contributed by atoms with Gasteiger partial charge < -0.3 is 4.90 Å². The SMILES string of the molecule is CC1(C)CC(=C(C#N)C#N)C(C#N)=C(N2CCC(C(=O)S)CC2)C1. The predicted molar refractivity (Wildman–Crippen MR) is 92.2 cm³/mol. The van der Waals surface area contributed by atoms with Crippen molar-refractivity contribution in [3.05, 3.63) is 22.4 Å². The largest absolute Gasteiger partial charge is 0.374 e. The van der Waals surface area contributed by atoms with Gasteiger partial charge in [-0.05, 0) is 31.1 Å². The van der Waals surface area contributed by atoms with E-state index in [0.717, 1.165) is 12.1 Å². The minimum atomic E-state index is -0.125. The van der Waals surface area contributed by atoms with Gasteiger partial charge in [-0.25, -0.2) is 0 Å². The van der Waals surface area contributed by atoms with Crippen LogP contribution in [0, 0.1) is 45.3 Å². The number of hydrogen-bond acceptors (Lipinski definition) is 5. The summed E-state index contributed by atoms with van der Waals surface area (Å²) < 4.78 is 0. The summed E-state index contributed by atoms with van der Waals surface area (Å²) in [4.78, 5) is 13.6. The van der Waals surface area contributed by atoms with Crippen LogP contribution in [0.5, 0.6) is 0 Å². The maximum atomic E-state index is 11.4. The van der Waals surface area contributed by atoms with E-state index in [4.69, 9.17) is 0 Å². The van der Waals surface area contributed by atoms with Crippen molar-refractivity contribution in [3.63, 3.8) is 0 Å². The molecule has 0 amide bonds. The molecule has 1 saturated heterocycles. The molecular formula is C18H20N4OS. The van der Waals surface area contributed by atoms with Crippen LogP contribution in [0.1, 0.15) is 39.5 Å². The molecule has 0 radical (unpaired) electrons. The Kier molecular flexibility index (Phi) is 5.37. The van der Waals surface area contributed by atoms with Crippen molar-refractivity contribution < 1.29 is 4.79 Å². The van der Waals surface area contributed by atoms with Crippen LogP contribution in [-0.4, -0.2) is 23.1 Å². The number of nitriles is 3. The average molecular weight is 340 g/mol. The van der Waals surface area contributed by atoms with E-state index in [9.17, 15) is 20.6 Å². The fourth-order valence-electron chi connectivity index (χ4n) is 3.52. The summed E-state index contributed by atoms with van der Waals surface area (Å²) in [6.45, 7) is 5.54. The first-order valence-corrected chi connectivity index (χ1v) is 8.42. The Balaban J connectivity index is 2.44. The number of carbonyl (C=O) groups is 1. The molecule has 0 bridgehead atoms. The highest BCUT2D eigenvalue weighted by molar-refractivity contribution is 7.96. The molecule has 2 aliphatic rings. The standard InChI is InChI=1S/C18H20N4OS/c1-18(2)7-14(13(9-19)10-20)15(11-21)16(8-18)22-5-3-12(4-6-22)17(23)24/h12H,3-8H2,1-2H3,(H,23,24). The summed E-state index contributed by atoms with van der Waals surface area (Å²) in [6.07, 6.45) is 2.70. The molecule has 0 saturated carbocycles. The number of likely N-dealkylation sites (tertiary alicyclic amines) is 1. The second-order valence-electron chi connectivity index (χ2n) is 7.13. The molecule has 1 aliphatic heterocycles. The van der Waals surface area contributed by atoms with Gasteiger partial charge in [0.25, 0.3) is 0 Å². The zero-order chi connectivity index (χ0) is 17.9. The molecule has 1 aliphatic carbocycles. The van der Waals surface area contributed by atoms with E-state index in [1.165, 1.54) is 0 Å². The third-order valence-electron chi connectivity index (χ3n) is 4.75. The molecule has 0 aromatic rings. The van der Waals surface area contributed by atoms with Crippen molar-refractivity contribution in [1.82, 2.24) is 4.90 Å². The summed E-state index contributed by atoms with van der Waals surface area (Å²) in [5.74, 6) is -0.0314. The summed E-state index contributed by atoms with van der Waals surface area (Å²) in [7, 11) is 0. The van der Waals surface area contributed by atoms with Crippen LogP contribution in [0.3, 0.4) is 0 Å². The van der Waals surface area contributed by atoms with Crippen molar-refractivity contribution in [1.29, 1.82) is 15.8 Å². The molecule has 0 spiro atoms. The minimum absolute atomic E-state index is 0.0252. The van der Waals surface area contributed by atoms with Crippen molar-refractivity contribution >= 4 is 17.7 Å². The lowest BCUT2D eigenvalue weighted by Gasteiger charge is -2.41. The van der Waals surface area contributed by atoms with Crippen LogP contribution in [0.2, 0.25) is 0 Å². The van der Waals surface area contributed by atoms with Gasteiger partial charge in [-0.2, -0.15) is 15.8 Å². The van der Waals surface area contributed by atoms with Crippen molar-refractivity contribution in [2.75, 3.05) is 13.1 Å². The molecule has 6 heteroatoms. The maximum Gasteiger partial charge on any atom is 0.189 e. The first kappa shape index (κ1) is 18.1. The van der Waals surface area contributed by atoms with Crippen molar-refractivity contribution in [2.45, 2.75) is 39.5 Å². The van der Waals surface area contributed by atoms with Crippen LogP contribution in [0.4, 0.5) is 0 Å². The second kappa shape index (κ2) is 7.12. The lowest BCUT2D eigenvalue weighted by molar-refractivity contribution is -0.115. The first-order valence-electron chi connectivity index (χ1n) is 7.97. The van der Waals surface area contributed by atoms with Crippen LogP contribution in [0.25, 0.3) is 0 Å². The highest BCUT2D eigenvalue weighted by Crippen LogP contribution is 2.44. The van der Waals surface area contributed by atoms with Gasteiger partial charge in [0, 0.05) is 30.3 Å². The fraction of sp³-hybridized carbons (Fsp3) is 0.556. The minimum Gasteiger partial charge on any atom is -0.374 e. The van der Waals surface area contributed by atoms with Gasteiger partial charge in [0.1, 0.15) is 23.8 Å². The van der Waals surface area contributed by atoms with E-state index in [1.54, 1.807) is 0 Å². The number of piperidine rings is 1. The van der Waals surface area contributed by atoms with Gasteiger partial charge in [-0.3, -0.25) is 4.79 Å². The fourth-order valence-corrected chi connectivity index (χ4v) is 3.78. The molecule has 1 heterocycles. The van der Waals surface area contributed by atoms with E-state index in [1.807, 2.05) is 12.1 Å². The van der Waals surface area contributed by atoms with E-state index in [-0.39, 0.29) is 22.0 Å². The lowest BCUT2D eigenvalue weighted by Crippen LogP contribution is -2.38. The third kappa shape index (κ3) is 3.64. The number of hydrogen-bond donors (Lipinski definition) is 1. The Bertz CT molecular complexity index is 718. The Hall–Kier alpha value is -2.23. The molecule has 0 aromatic carbocycles. The Labute approximate surface area is 148 Å². The van der Waals surface area contributed by atoms with E-state index in [0.29, 0.717) is 43.5 Å². The average Bonchev–Trinajstić information content (AvgIpc) is 2.55. The van der Waals surface area contributed by atoms with E-state index >= 15 is 0 Å². The van der Waals surface area contributed by atoms with Crippen molar-refractivity contribution in [3.8, 4) is 18.2 Å². The van der Waals surface area contributed by atoms with Crippen LogP contribution in [-0.2, 0) is 4.79 Å². The molecule has 0 unspecified atom stereocenters. The number of rotatable bonds is 2. The second-order valence-corrected chi connectivity index (χ2v) is 7.57. The van der Waals surface area contributed by atoms with Crippen LogP contribution in [0.15, 0.2) is 22.4 Å². The topological polar surface area (TPSA) is 91.7 Å². The molecule has 5 nitrogen and oxygen atoms in total. The summed E-state index contributed by atoms with van der Waals surface area (Å²) in [6, 6.07) is 6.08. The van der Waals surface area contributed by atoms with Crippen LogP contribution >= 0.6 is 12.6 Å². The smallest absolute Gasteiger partial charge is 0.189 e. The van der Waals surface area contributed by atoms with Gasteiger partial charge in [0.15, 0.2) is 5.12 Å². The summed E-state index contributed by atoms with van der Waals surface area (Å²) >= 11 is 3.93. The molecule has 0 N–H and O–H groups in total. The first-order chi connectivity index (χ1) is 11.3. The van der Waals surface area contributed by atoms with Gasteiger partial charge in [0.05, 0.1) is 5.57 Å². The zero-order valence-electron chi connectivity index (χ0n) is 14.0. The normalized spacial score (nSPS) is 20.8. The Morgan fingerprint density at radius 1 is 1.17 bits per heavy atom. The Morgan fingerprint density at radius 2 is 1.75 bits per heavy atom. The quantitative estimate of drug-likeness (QED) is 0.616. The highest BCUT2D eigenvalue weighted by Gasteiger charge is 2.36. The zero-order valence-corrected chi connectivity index (χ0v) is 14.9. The van der Waals surface area contributed by atoms with E-state index < -0.39 is 0 Å². The summed E-state index contributed by atoms with van der Waals surface area (Å²) in [5.41, 5.74) is 1.82. The highest BCUT2D eigenvalue weighted by atomic mass is 32.1. The van der Waals surface area contributed by atoms with Crippen LogP contribution < -0.4 is 0 Å². The molecule has 0 atom stereocenters. The van der Waals surface area contributed by atoms with Gasteiger partial charge in [-0.1, -0.05) is 13.8 Å². The molecule has 2 rings (SSSR count). The van der Waals surface area contributed by atoms with Gasteiger partial charge in [-0.15, -0.1) is 12.6 Å². The Morgan fingerprint density at radius 3 is 2.21 bits per heavy atom. The predicted octanol–water partition coefficient (Wildman–Crippen LogP) is 3.10. The number of allylic oxidation sites excluding steroid dienone is 4. The molecule has 124 valence electrons. The number of carbonyl (C=O) groups excluding carboxylic acids is 1.